The molecule has 0 saturated carbocycles. The number of carbonyl (C=O) groups is 1. The van der Waals surface area contributed by atoms with E-state index in [1.807, 2.05) is 31.7 Å². The normalized spacial score (nSPS) is 10.5. The van der Waals surface area contributed by atoms with Crippen LogP contribution in [0.25, 0.3) is 0 Å². The number of anilines is 2. The highest BCUT2D eigenvalue weighted by Gasteiger charge is 2.16. The smallest absolute Gasteiger partial charge is 0.237 e. The number of amides is 1. The van der Waals surface area contributed by atoms with Crippen molar-refractivity contribution < 1.29 is 4.79 Å². The van der Waals surface area contributed by atoms with E-state index in [2.05, 4.69) is 4.98 Å². The second-order valence-electron chi connectivity index (χ2n) is 4.10. The van der Waals surface area contributed by atoms with Crippen LogP contribution in [-0.2, 0) is 4.79 Å². The number of nitrogens with zero attached hydrogens (tertiary/aromatic N) is 2. The van der Waals surface area contributed by atoms with Gasteiger partial charge in [-0.3, -0.25) is 4.79 Å². The van der Waals surface area contributed by atoms with Gasteiger partial charge in [-0.1, -0.05) is 0 Å². The third-order valence-corrected chi connectivity index (χ3v) is 2.29. The van der Waals surface area contributed by atoms with Crippen molar-refractivity contribution in [3.63, 3.8) is 0 Å². The maximum absolute atomic E-state index is 11.0. The molecule has 0 spiro atoms. The standard InChI is InChI=1S/C11H18N4O/c1-7(2)15(6-10(13)16)11-8(3)4-9(12)5-14-11/h4-5,7H,6,12H2,1-3H3,(H2,13,16). The lowest BCUT2D eigenvalue weighted by Crippen LogP contribution is -2.39. The summed E-state index contributed by atoms with van der Waals surface area (Å²) in [6, 6.07) is 1.99. The number of rotatable bonds is 4. The molecule has 0 fully saturated rings. The van der Waals surface area contributed by atoms with Gasteiger partial charge in [0.05, 0.1) is 18.4 Å². The highest BCUT2D eigenvalue weighted by molar-refractivity contribution is 5.79. The molecule has 0 unspecified atom stereocenters. The average molecular weight is 222 g/mol. The summed E-state index contributed by atoms with van der Waals surface area (Å²) in [7, 11) is 0. The van der Waals surface area contributed by atoms with Gasteiger partial charge in [0, 0.05) is 6.04 Å². The van der Waals surface area contributed by atoms with Gasteiger partial charge in [-0.15, -0.1) is 0 Å². The molecule has 16 heavy (non-hydrogen) atoms. The largest absolute Gasteiger partial charge is 0.397 e. The zero-order valence-electron chi connectivity index (χ0n) is 9.90. The number of nitrogens with two attached hydrogens (primary N) is 2. The van der Waals surface area contributed by atoms with Crippen molar-refractivity contribution >= 4 is 17.4 Å². The van der Waals surface area contributed by atoms with Crippen LogP contribution < -0.4 is 16.4 Å². The van der Waals surface area contributed by atoms with Crippen molar-refractivity contribution in [2.75, 3.05) is 17.2 Å². The monoisotopic (exact) mass is 222 g/mol. The van der Waals surface area contributed by atoms with Gasteiger partial charge >= 0.3 is 0 Å². The lowest BCUT2D eigenvalue weighted by Gasteiger charge is -2.27. The summed E-state index contributed by atoms with van der Waals surface area (Å²) in [5.41, 5.74) is 12.4. The highest BCUT2D eigenvalue weighted by atomic mass is 16.1. The number of hydrogen-bond acceptors (Lipinski definition) is 4. The number of nitrogen functional groups attached to an aromatic ring is 1. The van der Waals surface area contributed by atoms with Crippen LogP contribution in [0.15, 0.2) is 12.3 Å². The minimum Gasteiger partial charge on any atom is -0.397 e. The Balaban J connectivity index is 3.05. The van der Waals surface area contributed by atoms with E-state index in [1.165, 1.54) is 0 Å². The van der Waals surface area contributed by atoms with Crippen LogP contribution >= 0.6 is 0 Å². The fraction of sp³-hybridized carbons (Fsp3) is 0.455. The minimum atomic E-state index is -0.369. The molecule has 5 heteroatoms. The Morgan fingerprint density at radius 1 is 1.56 bits per heavy atom. The molecule has 0 aliphatic carbocycles. The first-order valence-electron chi connectivity index (χ1n) is 5.19. The highest BCUT2D eigenvalue weighted by Crippen LogP contribution is 2.20. The molecule has 4 N–H and O–H groups in total. The van der Waals surface area contributed by atoms with E-state index in [4.69, 9.17) is 11.5 Å². The lowest BCUT2D eigenvalue weighted by atomic mass is 10.2. The van der Waals surface area contributed by atoms with Crippen molar-refractivity contribution in [2.45, 2.75) is 26.8 Å². The molecule has 88 valence electrons. The Morgan fingerprint density at radius 3 is 2.62 bits per heavy atom. The second-order valence-corrected chi connectivity index (χ2v) is 4.10. The summed E-state index contributed by atoms with van der Waals surface area (Å²) in [5.74, 6) is 0.384. The number of aryl methyl sites for hydroxylation is 1. The first kappa shape index (κ1) is 12.3. The molecule has 0 saturated heterocycles. The van der Waals surface area contributed by atoms with Gasteiger partial charge in [0.2, 0.25) is 5.91 Å². The molecule has 5 nitrogen and oxygen atoms in total. The number of hydrogen-bond donors (Lipinski definition) is 2. The van der Waals surface area contributed by atoms with Gasteiger partial charge in [0.25, 0.3) is 0 Å². The number of primary amides is 1. The van der Waals surface area contributed by atoms with Crippen LogP contribution in [0.3, 0.4) is 0 Å². The molecule has 0 bridgehead atoms. The predicted molar refractivity (Wildman–Crippen MR) is 65.1 cm³/mol. The summed E-state index contributed by atoms with van der Waals surface area (Å²) in [4.78, 5) is 17.1. The average Bonchev–Trinajstić information content (AvgIpc) is 2.14. The fourth-order valence-corrected chi connectivity index (χ4v) is 1.56. The van der Waals surface area contributed by atoms with Crippen molar-refractivity contribution in [1.82, 2.24) is 4.98 Å². The van der Waals surface area contributed by atoms with Crippen molar-refractivity contribution in [2.24, 2.45) is 5.73 Å². The maximum atomic E-state index is 11.0. The van der Waals surface area contributed by atoms with Gasteiger partial charge < -0.3 is 16.4 Å². The van der Waals surface area contributed by atoms with Crippen LogP contribution in [0.2, 0.25) is 0 Å². The topological polar surface area (TPSA) is 85.2 Å². The first-order valence-corrected chi connectivity index (χ1v) is 5.19. The van der Waals surface area contributed by atoms with E-state index in [-0.39, 0.29) is 18.5 Å². The zero-order valence-corrected chi connectivity index (χ0v) is 9.90. The van der Waals surface area contributed by atoms with Crippen LogP contribution in [0.1, 0.15) is 19.4 Å². The molecular formula is C11H18N4O. The summed E-state index contributed by atoms with van der Waals surface area (Å²) in [5, 5.41) is 0. The van der Waals surface area contributed by atoms with E-state index in [1.54, 1.807) is 6.20 Å². The summed E-state index contributed by atoms with van der Waals surface area (Å²) >= 11 is 0. The van der Waals surface area contributed by atoms with E-state index in [0.29, 0.717) is 5.69 Å². The molecule has 1 aromatic rings. The van der Waals surface area contributed by atoms with E-state index < -0.39 is 0 Å². The zero-order chi connectivity index (χ0) is 12.3. The van der Waals surface area contributed by atoms with Crippen LogP contribution in [0, 0.1) is 6.92 Å². The van der Waals surface area contributed by atoms with Gasteiger partial charge in [-0.05, 0) is 32.4 Å². The SMILES string of the molecule is Cc1cc(N)cnc1N(CC(N)=O)C(C)C. The lowest BCUT2D eigenvalue weighted by molar-refractivity contribution is -0.116. The second kappa shape index (κ2) is 4.83. The Kier molecular flexibility index (Phi) is 3.71. The molecule has 0 aliphatic heterocycles. The summed E-state index contributed by atoms with van der Waals surface area (Å²) in [6.45, 7) is 6.05. The van der Waals surface area contributed by atoms with Gasteiger partial charge in [-0.25, -0.2) is 4.98 Å². The van der Waals surface area contributed by atoms with Gasteiger partial charge in [0.1, 0.15) is 5.82 Å². The molecule has 0 aliphatic rings. The Bertz CT molecular complexity index is 390. The van der Waals surface area contributed by atoms with Gasteiger partial charge in [-0.2, -0.15) is 0 Å². The van der Waals surface area contributed by atoms with E-state index in [0.717, 1.165) is 11.4 Å². The molecule has 0 radical (unpaired) electrons. The van der Waals surface area contributed by atoms with Crippen molar-refractivity contribution in [1.29, 1.82) is 0 Å². The molecular weight excluding hydrogens is 204 g/mol. The third kappa shape index (κ3) is 2.85. The minimum absolute atomic E-state index is 0.155. The number of pyridine rings is 1. The first-order chi connectivity index (χ1) is 7.41. The molecule has 1 rings (SSSR count). The van der Waals surface area contributed by atoms with E-state index in [9.17, 15) is 4.79 Å². The summed E-state index contributed by atoms with van der Waals surface area (Å²) < 4.78 is 0. The Labute approximate surface area is 95.4 Å². The van der Waals surface area contributed by atoms with Crippen molar-refractivity contribution in [3.8, 4) is 0 Å². The molecule has 1 heterocycles. The van der Waals surface area contributed by atoms with Crippen LogP contribution in [0.4, 0.5) is 11.5 Å². The van der Waals surface area contributed by atoms with Gasteiger partial charge in [0.15, 0.2) is 0 Å². The molecule has 1 amide bonds. The fourth-order valence-electron chi connectivity index (χ4n) is 1.56. The van der Waals surface area contributed by atoms with Crippen LogP contribution in [0.5, 0.6) is 0 Å². The van der Waals surface area contributed by atoms with E-state index >= 15 is 0 Å². The quantitative estimate of drug-likeness (QED) is 0.784. The number of aromatic nitrogens is 1. The van der Waals surface area contributed by atoms with Crippen molar-refractivity contribution in [3.05, 3.63) is 17.8 Å². The Hall–Kier alpha value is -1.78. The molecule has 0 atom stereocenters. The molecule has 1 aromatic heterocycles. The third-order valence-electron chi connectivity index (χ3n) is 2.29. The summed E-state index contributed by atoms with van der Waals surface area (Å²) in [6.07, 6.45) is 1.58. The van der Waals surface area contributed by atoms with Crippen LogP contribution in [-0.4, -0.2) is 23.5 Å². The molecule has 0 aromatic carbocycles. The predicted octanol–water partition coefficient (Wildman–Crippen LogP) is 0.672. The maximum Gasteiger partial charge on any atom is 0.237 e. The number of carbonyl (C=O) groups excluding carboxylic acids is 1. The Morgan fingerprint density at radius 2 is 2.19 bits per heavy atom.